The predicted octanol–water partition coefficient (Wildman–Crippen LogP) is 4.75. The highest BCUT2D eigenvalue weighted by atomic mass is 127. The fraction of sp³-hybridized carbons (Fsp3) is 0.200. The molecule has 0 N–H and O–H groups in total. The van der Waals surface area contributed by atoms with Gasteiger partial charge in [-0.1, -0.05) is 0 Å². The van der Waals surface area contributed by atoms with Crippen molar-refractivity contribution >= 4 is 46.3 Å². The number of benzene rings is 2. The second-order valence-corrected chi connectivity index (χ2v) is 7.28. The van der Waals surface area contributed by atoms with Crippen LogP contribution in [0.3, 0.4) is 0 Å². The van der Waals surface area contributed by atoms with Crippen LogP contribution in [0.5, 0.6) is 17.2 Å². The van der Waals surface area contributed by atoms with Gasteiger partial charge in [-0.25, -0.2) is 9.59 Å². The first kappa shape index (κ1) is 25.9. The highest BCUT2D eigenvalue weighted by molar-refractivity contribution is 14.1. The van der Waals surface area contributed by atoms with Gasteiger partial charge >= 0.3 is 23.8 Å². The topological polar surface area (TPSA) is 114 Å². The molecule has 0 spiro atoms. The average molecular weight is 581 g/mol. The van der Waals surface area contributed by atoms with Gasteiger partial charge in [-0.05, 0) is 58.5 Å². The van der Waals surface area contributed by atoms with Gasteiger partial charge in [0.05, 0.1) is 35.4 Å². The fourth-order valence-corrected chi connectivity index (χ4v) is 3.28. The SMILES string of the molecule is COC(=O)C(=Cc1cc(I)c(Oc2ccc(C(F)(F)F)cc2[N+](=O)[O-])c(OC)c1)C(=O)OC. The average Bonchev–Trinajstić information content (AvgIpc) is 2.77. The highest BCUT2D eigenvalue weighted by Crippen LogP contribution is 2.42. The Morgan fingerprint density at radius 1 is 1.03 bits per heavy atom. The minimum absolute atomic E-state index is 0.0245. The van der Waals surface area contributed by atoms with Crippen LogP contribution < -0.4 is 9.47 Å². The quantitative estimate of drug-likeness (QED) is 0.0876. The number of esters is 2. The molecule has 0 amide bonds. The highest BCUT2D eigenvalue weighted by Gasteiger charge is 2.33. The molecule has 0 aliphatic rings. The van der Waals surface area contributed by atoms with Gasteiger partial charge in [0.25, 0.3) is 0 Å². The monoisotopic (exact) mass is 581 g/mol. The molecule has 9 nitrogen and oxygen atoms in total. The number of hydrogen-bond donors (Lipinski definition) is 0. The fourth-order valence-electron chi connectivity index (χ4n) is 2.54. The molecule has 0 aromatic heterocycles. The Morgan fingerprint density at radius 2 is 1.64 bits per heavy atom. The maximum atomic E-state index is 12.9. The first-order chi connectivity index (χ1) is 15.4. The molecule has 2 aromatic rings. The number of nitro groups is 1. The molecule has 0 atom stereocenters. The van der Waals surface area contributed by atoms with Crippen LogP contribution in [0.4, 0.5) is 18.9 Å². The largest absolute Gasteiger partial charge is 0.493 e. The van der Waals surface area contributed by atoms with Gasteiger partial charge in [0.1, 0.15) is 5.57 Å². The lowest BCUT2D eigenvalue weighted by Gasteiger charge is -2.14. The van der Waals surface area contributed by atoms with Crippen LogP contribution in [0.25, 0.3) is 6.08 Å². The number of methoxy groups -OCH3 is 3. The molecular formula is C20H15F3INO8. The zero-order valence-corrected chi connectivity index (χ0v) is 19.3. The number of hydrogen-bond acceptors (Lipinski definition) is 8. The molecule has 0 bridgehead atoms. The Bertz CT molecular complexity index is 1110. The van der Waals surface area contributed by atoms with Gasteiger partial charge in [-0.15, -0.1) is 0 Å². The van der Waals surface area contributed by atoms with E-state index >= 15 is 0 Å². The van der Waals surface area contributed by atoms with E-state index < -0.39 is 45.6 Å². The number of halogens is 4. The van der Waals surface area contributed by atoms with Crippen LogP contribution in [0.15, 0.2) is 35.9 Å². The van der Waals surface area contributed by atoms with Crippen LogP contribution in [0.1, 0.15) is 11.1 Å². The predicted molar refractivity (Wildman–Crippen MR) is 116 cm³/mol. The van der Waals surface area contributed by atoms with Crippen molar-refractivity contribution in [2.75, 3.05) is 21.3 Å². The molecule has 0 saturated heterocycles. The summed E-state index contributed by atoms with van der Waals surface area (Å²) in [5, 5.41) is 11.3. The number of alkyl halides is 3. The van der Waals surface area contributed by atoms with Crippen LogP contribution in [-0.2, 0) is 25.2 Å². The third kappa shape index (κ3) is 6.12. The molecule has 176 valence electrons. The molecule has 2 aromatic carbocycles. The molecule has 2 rings (SSSR count). The van der Waals surface area contributed by atoms with Gasteiger partial charge in [-0.3, -0.25) is 10.1 Å². The lowest BCUT2D eigenvalue weighted by atomic mass is 10.1. The van der Waals surface area contributed by atoms with Gasteiger partial charge in [0, 0.05) is 6.07 Å². The van der Waals surface area contributed by atoms with Crippen molar-refractivity contribution in [3.8, 4) is 17.2 Å². The van der Waals surface area contributed by atoms with E-state index in [9.17, 15) is 32.9 Å². The zero-order valence-electron chi connectivity index (χ0n) is 17.2. The summed E-state index contributed by atoms with van der Waals surface area (Å²) in [6.07, 6.45) is -3.60. The Kier molecular flexibility index (Phi) is 8.24. The van der Waals surface area contributed by atoms with Crippen LogP contribution in [0.2, 0.25) is 0 Å². The normalized spacial score (nSPS) is 10.8. The van der Waals surface area contributed by atoms with E-state index in [0.29, 0.717) is 15.7 Å². The number of nitro benzene ring substituents is 1. The van der Waals surface area contributed by atoms with E-state index in [-0.39, 0.29) is 17.1 Å². The molecule has 0 aliphatic carbocycles. The molecular weight excluding hydrogens is 566 g/mol. The Balaban J connectivity index is 2.56. The van der Waals surface area contributed by atoms with Crippen molar-refractivity contribution < 1.29 is 46.6 Å². The first-order valence-corrected chi connectivity index (χ1v) is 9.80. The van der Waals surface area contributed by atoms with Crippen molar-refractivity contribution in [2.24, 2.45) is 0 Å². The number of ether oxygens (including phenoxy) is 4. The summed E-state index contributed by atoms with van der Waals surface area (Å²) in [6.45, 7) is 0. The second-order valence-electron chi connectivity index (χ2n) is 6.11. The van der Waals surface area contributed by atoms with Gasteiger partial charge < -0.3 is 18.9 Å². The molecule has 0 aliphatic heterocycles. The molecule has 0 fully saturated rings. The van der Waals surface area contributed by atoms with Crippen molar-refractivity contribution in [3.05, 3.63) is 60.7 Å². The number of nitrogens with zero attached hydrogens (tertiary/aromatic N) is 1. The summed E-state index contributed by atoms with van der Waals surface area (Å²) in [6, 6.07) is 4.64. The summed E-state index contributed by atoms with van der Waals surface area (Å²) in [5.41, 5.74) is -2.23. The summed E-state index contributed by atoms with van der Waals surface area (Å²) < 4.78 is 59.0. The van der Waals surface area contributed by atoms with E-state index in [4.69, 9.17) is 9.47 Å². The Morgan fingerprint density at radius 3 is 2.12 bits per heavy atom. The van der Waals surface area contributed by atoms with Crippen LogP contribution in [-0.4, -0.2) is 38.2 Å². The summed E-state index contributed by atoms with van der Waals surface area (Å²) in [7, 11) is 3.42. The van der Waals surface area contributed by atoms with Crippen molar-refractivity contribution in [1.29, 1.82) is 0 Å². The van der Waals surface area contributed by atoms with Gasteiger partial charge in [0.2, 0.25) is 5.75 Å². The standard InChI is InChI=1S/C20H15F3INO8/c1-30-16-8-10(6-12(18(26)31-2)19(27)32-3)7-13(24)17(16)33-15-5-4-11(20(21,22)23)9-14(15)25(28)29/h4-9H,1-3H3. The minimum Gasteiger partial charge on any atom is -0.493 e. The second kappa shape index (κ2) is 10.5. The molecule has 0 heterocycles. The maximum Gasteiger partial charge on any atom is 0.416 e. The van der Waals surface area contributed by atoms with E-state index in [1.54, 1.807) is 22.6 Å². The van der Waals surface area contributed by atoms with Crippen LogP contribution >= 0.6 is 22.6 Å². The van der Waals surface area contributed by atoms with Crippen molar-refractivity contribution in [3.63, 3.8) is 0 Å². The molecule has 33 heavy (non-hydrogen) atoms. The minimum atomic E-state index is -4.78. The van der Waals surface area contributed by atoms with E-state index in [1.165, 1.54) is 25.3 Å². The number of carbonyl (C=O) groups is 2. The first-order valence-electron chi connectivity index (χ1n) is 8.72. The maximum absolute atomic E-state index is 12.9. The molecule has 0 unspecified atom stereocenters. The van der Waals surface area contributed by atoms with E-state index in [2.05, 4.69) is 9.47 Å². The molecule has 0 radical (unpaired) electrons. The van der Waals surface area contributed by atoms with Crippen molar-refractivity contribution in [1.82, 2.24) is 0 Å². The van der Waals surface area contributed by atoms with Crippen molar-refractivity contribution in [2.45, 2.75) is 6.18 Å². The Hall–Kier alpha value is -3.36. The smallest absolute Gasteiger partial charge is 0.416 e. The van der Waals surface area contributed by atoms with Gasteiger partial charge in [0.15, 0.2) is 11.5 Å². The van der Waals surface area contributed by atoms with Crippen LogP contribution in [0, 0.1) is 13.7 Å². The Labute approximate surface area is 198 Å². The van der Waals surface area contributed by atoms with E-state index in [0.717, 1.165) is 20.3 Å². The lowest BCUT2D eigenvalue weighted by molar-refractivity contribution is -0.385. The third-order valence-electron chi connectivity index (χ3n) is 4.07. The van der Waals surface area contributed by atoms with E-state index in [1.807, 2.05) is 0 Å². The summed E-state index contributed by atoms with van der Waals surface area (Å²) in [5.74, 6) is -2.35. The van der Waals surface area contributed by atoms with Gasteiger partial charge in [-0.2, -0.15) is 13.2 Å². The molecule has 13 heteroatoms. The third-order valence-corrected chi connectivity index (χ3v) is 4.87. The number of carbonyl (C=O) groups excluding carboxylic acids is 2. The summed E-state index contributed by atoms with van der Waals surface area (Å²) in [4.78, 5) is 34.1. The molecule has 0 saturated carbocycles. The lowest BCUT2D eigenvalue weighted by Crippen LogP contribution is -2.15. The zero-order chi connectivity index (χ0) is 24.9. The number of rotatable bonds is 7. The summed E-state index contributed by atoms with van der Waals surface area (Å²) >= 11 is 1.79.